The molecule has 0 aliphatic carbocycles. The fraction of sp³-hybridized carbons (Fsp3) is 0.407. The van der Waals surface area contributed by atoms with E-state index in [1.165, 1.54) is 27.7 Å². The van der Waals surface area contributed by atoms with Crippen LogP contribution in [0.15, 0.2) is 35.3 Å². The molecule has 0 saturated heterocycles. The number of alkyl carbamates (subject to hydrolysis) is 1. The number of likely N-dealkylation sites (N-methyl/N-ethyl adjacent to an activating group) is 1. The quantitative estimate of drug-likeness (QED) is 0.229. The van der Waals surface area contributed by atoms with Crippen LogP contribution in [-0.4, -0.2) is 69.6 Å². The number of carbonyl (C=O) groups is 3. The summed E-state index contributed by atoms with van der Waals surface area (Å²) in [4.78, 5) is 62.8. The summed E-state index contributed by atoms with van der Waals surface area (Å²) in [6.45, 7) is 3.83. The van der Waals surface area contributed by atoms with Crippen molar-refractivity contribution < 1.29 is 23.5 Å². The Balaban J connectivity index is 1.83. The van der Waals surface area contributed by atoms with Crippen molar-refractivity contribution in [2.45, 2.75) is 45.7 Å². The first kappa shape index (κ1) is 31.3. The number of hydrogen-bond acceptors (Lipinski definition) is 7. The zero-order chi connectivity index (χ0) is 30.3. The number of nitrogens with zero attached hydrogens (tertiary/aromatic N) is 4. The molecule has 41 heavy (non-hydrogen) atoms. The first-order valence-corrected chi connectivity index (χ1v) is 13.2. The van der Waals surface area contributed by atoms with E-state index in [1.807, 2.05) is 13.8 Å². The van der Waals surface area contributed by atoms with Crippen molar-refractivity contribution in [1.29, 1.82) is 0 Å². The number of rotatable bonds is 11. The average Bonchev–Trinajstić information content (AvgIpc) is 3.34. The minimum Gasteiger partial charge on any atom is -0.453 e. The molecule has 14 heteroatoms. The van der Waals surface area contributed by atoms with Crippen LogP contribution >= 0.6 is 11.6 Å². The molecule has 0 saturated carbocycles. The normalized spacial score (nSPS) is 12.1. The molecule has 3 heterocycles. The maximum Gasteiger partial charge on any atom is 0.407 e. The Morgan fingerprint density at radius 1 is 1.27 bits per heavy atom. The molecule has 0 bridgehead atoms. The predicted octanol–water partition coefficient (Wildman–Crippen LogP) is 3.25. The van der Waals surface area contributed by atoms with Gasteiger partial charge in [0.05, 0.1) is 25.4 Å². The number of aromatic nitrogens is 4. The number of imidazole rings is 1. The topological polar surface area (TPSA) is 151 Å². The maximum atomic E-state index is 14.5. The van der Waals surface area contributed by atoms with Gasteiger partial charge in [0.15, 0.2) is 5.65 Å². The minimum absolute atomic E-state index is 0.0786. The maximum absolute atomic E-state index is 14.5. The van der Waals surface area contributed by atoms with Crippen LogP contribution in [0.25, 0.3) is 11.2 Å². The van der Waals surface area contributed by atoms with Crippen LogP contribution in [0.5, 0.6) is 0 Å². The Morgan fingerprint density at radius 2 is 2.00 bits per heavy atom. The molecule has 0 aliphatic rings. The number of allylic oxidation sites excluding steroid dienone is 1. The summed E-state index contributed by atoms with van der Waals surface area (Å²) < 4.78 is 20.3. The lowest BCUT2D eigenvalue weighted by molar-refractivity contribution is -0.123. The van der Waals surface area contributed by atoms with Gasteiger partial charge in [-0.15, -0.1) is 0 Å². The highest BCUT2D eigenvalue weighted by atomic mass is 35.5. The SMILES string of the molecule is COC(=O)NC(CCC=CC(=O)N(C)C)C(=O)Nc1ccc(Cl)n(Cc2nc3ncc(F)c(CC(C)C)c3[nH]2)c1=O. The minimum atomic E-state index is -1.07. The van der Waals surface area contributed by atoms with Crippen molar-refractivity contribution in [1.82, 2.24) is 29.7 Å². The van der Waals surface area contributed by atoms with Crippen molar-refractivity contribution in [3.8, 4) is 0 Å². The van der Waals surface area contributed by atoms with Crippen LogP contribution < -0.4 is 16.2 Å². The van der Waals surface area contributed by atoms with E-state index in [1.54, 1.807) is 20.2 Å². The molecule has 3 aromatic rings. The molecule has 220 valence electrons. The number of aromatic amines is 1. The average molecular weight is 590 g/mol. The van der Waals surface area contributed by atoms with E-state index in [4.69, 9.17) is 11.6 Å². The fourth-order valence-corrected chi connectivity index (χ4v) is 4.15. The van der Waals surface area contributed by atoms with E-state index in [9.17, 15) is 23.6 Å². The number of amides is 3. The third-order valence-electron chi connectivity index (χ3n) is 6.04. The van der Waals surface area contributed by atoms with Crippen molar-refractivity contribution in [3.63, 3.8) is 0 Å². The molecule has 3 N–H and O–H groups in total. The van der Waals surface area contributed by atoms with E-state index in [-0.39, 0.29) is 42.1 Å². The highest BCUT2D eigenvalue weighted by Crippen LogP contribution is 2.22. The van der Waals surface area contributed by atoms with Gasteiger partial charge in [0, 0.05) is 19.7 Å². The molecule has 0 radical (unpaired) electrons. The van der Waals surface area contributed by atoms with Crippen LogP contribution in [0.4, 0.5) is 14.9 Å². The molecule has 3 amide bonds. The third kappa shape index (κ3) is 8.13. The lowest BCUT2D eigenvalue weighted by atomic mass is 10.0. The van der Waals surface area contributed by atoms with Crippen molar-refractivity contribution >= 4 is 46.4 Å². The lowest BCUT2D eigenvalue weighted by Gasteiger charge is -2.17. The Morgan fingerprint density at radius 3 is 2.66 bits per heavy atom. The van der Waals surface area contributed by atoms with Crippen LogP contribution in [0.2, 0.25) is 5.15 Å². The van der Waals surface area contributed by atoms with Crippen molar-refractivity contribution in [2.24, 2.45) is 5.92 Å². The van der Waals surface area contributed by atoms with Crippen LogP contribution in [-0.2, 0) is 27.3 Å². The Kier molecular flexibility index (Phi) is 10.6. The molecule has 0 aliphatic heterocycles. The summed E-state index contributed by atoms with van der Waals surface area (Å²) in [5.74, 6) is -0.838. The number of fused-ring (bicyclic) bond motifs is 1. The van der Waals surface area contributed by atoms with Crippen LogP contribution in [0.3, 0.4) is 0 Å². The molecule has 1 atom stereocenters. The zero-order valence-electron chi connectivity index (χ0n) is 23.5. The van der Waals surface area contributed by atoms with Gasteiger partial charge in [-0.1, -0.05) is 31.5 Å². The van der Waals surface area contributed by atoms with Crippen molar-refractivity contribution in [3.05, 3.63) is 63.2 Å². The number of pyridine rings is 2. The molecule has 1 unspecified atom stereocenters. The second-order valence-corrected chi connectivity index (χ2v) is 10.3. The summed E-state index contributed by atoms with van der Waals surface area (Å²) >= 11 is 6.32. The monoisotopic (exact) mass is 589 g/mol. The largest absolute Gasteiger partial charge is 0.453 e. The molecular formula is C27H33ClFN7O5. The standard InChI is InChI=1S/C27H33ClFN7O5/c1-15(2)12-16-17(29)13-30-24-23(16)33-21(34-24)14-36-20(28)11-10-19(26(36)39)31-25(38)18(32-27(40)41-5)8-6-7-9-22(37)35(3)4/h7,9-11,13,15,18H,6,8,12,14H2,1-5H3,(H,31,38)(H,32,40)(H,30,33,34). The number of nitrogens with one attached hydrogen (secondary N) is 3. The van der Waals surface area contributed by atoms with Gasteiger partial charge in [-0.2, -0.15) is 0 Å². The highest BCUT2D eigenvalue weighted by molar-refractivity contribution is 6.29. The zero-order valence-corrected chi connectivity index (χ0v) is 24.2. The molecular weight excluding hydrogens is 557 g/mol. The van der Waals surface area contributed by atoms with Crippen LogP contribution in [0, 0.1) is 11.7 Å². The fourth-order valence-electron chi connectivity index (χ4n) is 3.95. The van der Waals surface area contributed by atoms with Gasteiger partial charge >= 0.3 is 6.09 Å². The molecule has 3 rings (SSSR count). The second-order valence-electron chi connectivity index (χ2n) is 9.92. The summed E-state index contributed by atoms with van der Waals surface area (Å²) in [6, 6.07) is 1.71. The van der Waals surface area contributed by atoms with Gasteiger partial charge in [0.25, 0.3) is 5.56 Å². The van der Waals surface area contributed by atoms with E-state index in [2.05, 4.69) is 30.3 Å². The molecule has 12 nitrogen and oxygen atoms in total. The molecule has 3 aromatic heterocycles. The van der Waals surface area contributed by atoms with Crippen molar-refractivity contribution in [2.75, 3.05) is 26.5 Å². The first-order chi connectivity index (χ1) is 19.4. The predicted molar refractivity (Wildman–Crippen MR) is 152 cm³/mol. The number of H-pyrrole nitrogens is 1. The first-order valence-electron chi connectivity index (χ1n) is 12.9. The Labute approximate surface area is 240 Å². The Bertz CT molecular complexity index is 1520. The Hall–Kier alpha value is -4.26. The third-order valence-corrected chi connectivity index (χ3v) is 6.37. The van der Waals surface area contributed by atoms with Gasteiger partial charge in [-0.25, -0.2) is 19.2 Å². The number of hydrogen-bond donors (Lipinski definition) is 3. The smallest absolute Gasteiger partial charge is 0.407 e. The number of anilines is 1. The summed E-state index contributed by atoms with van der Waals surface area (Å²) in [6.07, 6.45) is 4.11. The van der Waals surface area contributed by atoms with E-state index < -0.39 is 29.4 Å². The van der Waals surface area contributed by atoms with Gasteiger partial charge in [0.1, 0.15) is 28.5 Å². The molecule has 0 fully saturated rings. The van der Waals surface area contributed by atoms with Crippen LogP contribution in [0.1, 0.15) is 38.1 Å². The lowest BCUT2D eigenvalue weighted by Crippen LogP contribution is -2.44. The van der Waals surface area contributed by atoms with E-state index in [0.717, 1.165) is 13.3 Å². The highest BCUT2D eigenvalue weighted by Gasteiger charge is 2.23. The number of ether oxygens (including phenoxy) is 1. The molecule has 0 aromatic carbocycles. The second kappa shape index (κ2) is 13.9. The van der Waals surface area contributed by atoms with Gasteiger partial charge in [-0.3, -0.25) is 19.0 Å². The molecule has 0 spiro atoms. The summed E-state index contributed by atoms with van der Waals surface area (Å²) in [5.41, 5.74) is 0.494. The number of halogens is 2. The summed E-state index contributed by atoms with van der Waals surface area (Å²) in [7, 11) is 4.37. The van der Waals surface area contributed by atoms with E-state index in [0.29, 0.717) is 29.0 Å². The number of carbonyl (C=O) groups excluding carboxylic acids is 3. The number of methoxy groups -OCH3 is 1. The van der Waals surface area contributed by atoms with Gasteiger partial charge in [-0.05, 0) is 43.4 Å². The van der Waals surface area contributed by atoms with Gasteiger partial charge < -0.3 is 25.3 Å². The van der Waals surface area contributed by atoms with Gasteiger partial charge in [0.2, 0.25) is 11.8 Å². The van der Waals surface area contributed by atoms with E-state index >= 15 is 0 Å². The summed E-state index contributed by atoms with van der Waals surface area (Å²) in [5, 5.41) is 5.04.